The van der Waals surface area contributed by atoms with Crippen molar-refractivity contribution >= 4 is 11.9 Å². The van der Waals surface area contributed by atoms with Crippen LogP contribution >= 0.6 is 0 Å². The Balaban J connectivity index is 4.39. The highest BCUT2D eigenvalue weighted by Crippen LogP contribution is 2.19. The first-order valence-electron chi connectivity index (χ1n) is 27.9. The van der Waals surface area contributed by atoms with Crippen LogP contribution in [0.1, 0.15) is 310 Å². The van der Waals surface area contributed by atoms with Gasteiger partial charge in [0.1, 0.15) is 6.10 Å². The van der Waals surface area contributed by atoms with Gasteiger partial charge in [0.2, 0.25) is 5.91 Å². The summed E-state index contributed by atoms with van der Waals surface area (Å²) in [5, 5.41) is 23.8. The Morgan fingerprint density at radius 1 is 0.452 bits per heavy atom. The van der Waals surface area contributed by atoms with Crippen LogP contribution in [0.2, 0.25) is 0 Å². The number of unbranched alkanes of at least 4 members (excludes halogenated alkanes) is 37. The molecule has 3 N–H and O–H groups in total. The number of rotatable bonds is 51. The highest BCUT2D eigenvalue weighted by molar-refractivity contribution is 5.77. The fourth-order valence-electron chi connectivity index (χ4n) is 8.84. The van der Waals surface area contributed by atoms with Crippen LogP contribution in [0, 0.1) is 0 Å². The predicted octanol–water partition coefficient (Wildman–Crippen LogP) is 16.9. The third-order valence-corrected chi connectivity index (χ3v) is 13.1. The number of allylic oxidation sites excluding steroid dienone is 2. The molecule has 0 saturated carbocycles. The lowest BCUT2D eigenvalue weighted by Crippen LogP contribution is -2.46. The van der Waals surface area contributed by atoms with E-state index in [-0.39, 0.29) is 24.9 Å². The number of hydrogen-bond donors (Lipinski definition) is 3. The second-order valence-electron chi connectivity index (χ2n) is 19.3. The number of ether oxygens (including phenoxy) is 1. The second kappa shape index (κ2) is 50.6. The van der Waals surface area contributed by atoms with Crippen LogP contribution in [0.5, 0.6) is 0 Å². The molecule has 0 saturated heterocycles. The average molecular weight is 876 g/mol. The number of aliphatic hydroxyl groups is 2. The summed E-state index contributed by atoms with van der Waals surface area (Å²) >= 11 is 0. The van der Waals surface area contributed by atoms with Gasteiger partial charge in [0, 0.05) is 6.42 Å². The van der Waals surface area contributed by atoms with Gasteiger partial charge in [0.25, 0.3) is 0 Å². The zero-order valence-electron chi connectivity index (χ0n) is 42.0. The van der Waals surface area contributed by atoms with E-state index in [1.165, 1.54) is 199 Å². The van der Waals surface area contributed by atoms with Crippen molar-refractivity contribution in [2.45, 2.75) is 328 Å². The standard InChI is InChI=1S/C56H109NO5/c1-4-7-10-13-16-19-22-24-26-27-28-29-30-32-34-37-40-43-46-49-56(61)62-52(47-44-41-38-35-21-18-15-12-9-6-3)50-55(60)57-53(51-58)54(59)48-45-42-39-36-33-31-25-23-20-17-14-11-8-5-2/h18,21,52-54,58-59H,4-17,19-20,22-51H2,1-3H3,(H,57,60)/b21-18-. The van der Waals surface area contributed by atoms with Gasteiger partial charge in [-0.25, -0.2) is 0 Å². The van der Waals surface area contributed by atoms with E-state index in [0.717, 1.165) is 64.2 Å². The summed E-state index contributed by atoms with van der Waals surface area (Å²) in [5.74, 6) is -0.471. The number of carbonyl (C=O) groups excluding carboxylic acids is 2. The summed E-state index contributed by atoms with van der Waals surface area (Å²) in [6.07, 6.45) is 57.1. The van der Waals surface area contributed by atoms with E-state index in [1.807, 2.05) is 0 Å². The minimum Gasteiger partial charge on any atom is -0.462 e. The van der Waals surface area contributed by atoms with Gasteiger partial charge in [-0.15, -0.1) is 0 Å². The first-order valence-corrected chi connectivity index (χ1v) is 27.9. The first-order chi connectivity index (χ1) is 30.5. The number of carbonyl (C=O) groups is 2. The monoisotopic (exact) mass is 876 g/mol. The summed E-state index contributed by atoms with van der Waals surface area (Å²) in [7, 11) is 0. The minimum atomic E-state index is -0.785. The molecular weight excluding hydrogens is 767 g/mol. The molecule has 368 valence electrons. The summed E-state index contributed by atoms with van der Waals surface area (Å²) in [5.41, 5.74) is 0. The molecule has 6 heteroatoms. The van der Waals surface area contributed by atoms with E-state index in [2.05, 4.69) is 38.2 Å². The molecule has 1 amide bonds. The molecule has 0 aromatic heterocycles. The largest absolute Gasteiger partial charge is 0.462 e. The third kappa shape index (κ3) is 45.2. The fraction of sp³-hybridized carbons (Fsp3) is 0.929. The van der Waals surface area contributed by atoms with E-state index < -0.39 is 18.2 Å². The van der Waals surface area contributed by atoms with Crippen molar-refractivity contribution < 1.29 is 24.5 Å². The Bertz CT molecular complexity index is 939. The Kier molecular flexibility index (Phi) is 49.5. The van der Waals surface area contributed by atoms with E-state index >= 15 is 0 Å². The van der Waals surface area contributed by atoms with E-state index in [4.69, 9.17) is 4.74 Å². The number of hydrogen-bond acceptors (Lipinski definition) is 5. The quantitative estimate of drug-likeness (QED) is 0.0321. The average Bonchev–Trinajstić information content (AvgIpc) is 3.26. The molecule has 0 aliphatic heterocycles. The zero-order valence-corrected chi connectivity index (χ0v) is 42.0. The number of amides is 1. The lowest BCUT2D eigenvalue weighted by Gasteiger charge is -2.24. The van der Waals surface area contributed by atoms with E-state index in [9.17, 15) is 19.8 Å². The molecule has 0 aliphatic rings. The first kappa shape index (κ1) is 60.6. The predicted molar refractivity (Wildman–Crippen MR) is 269 cm³/mol. The van der Waals surface area contributed by atoms with Crippen molar-refractivity contribution in [3.63, 3.8) is 0 Å². The van der Waals surface area contributed by atoms with Gasteiger partial charge >= 0.3 is 5.97 Å². The molecule has 6 nitrogen and oxygen atoms in total. The number of esters is 1. The molecular formula is C56H109NO5. The highest BCUT2D eigenvalue weighted by Gasteiger charge is 2.24. The van der Waals surface area contributed by atoms with Gasteiger partial charge < -0.3 is 20.3 Å². The van der Waals surface area contributed by atoms with E-state index in [0.29, 0.717) is 19.3 Å². The van der Waals surface area contributed by atoms with E-state index in [1.54, 1.807) is 0 Å². The molecule has 3 unspecified atom stereocenters. The van der Waals surface area contributed by atoms with Crippen LogP contribution in [0.4, 0.5) is 0 Å². The van der Waals surface area contributed by atoms with Crippen LogP contribution in [0.15, 0.2) is 12.2 Å². The Morgan fingerprint density at radius 3 is 1.18 bits per heavy atom. The van der Waals surface area contributed by atoms with Crippen molar-refractivity contribution in [2.75, 3.05) is 6.61 Å². The van der Waals surface area contributed by atoms with Gasteiger partial charge in [-0.1, -0.05) is 258 Å². The fourth-order valence-corrected chi connectivity index (χ4v) is 8.84. The third-order valence-electron chi connectivity index (χ3n) is 13.1. The molecule has 0 fully saturated rings. The maximum atomic E-state index is 13.2. The molecule has 0 rings (SSSR count). The molecule has 62 heavy (non-hydrogen) atoms. The molecule has 0 aromatic carbocycles. The summed E-state index contributed by atoms with van der Waals surface area (Å²) in [6, 6.07) is -0.700. The van der Waals surface area contributed by atoms with Gasteiger partial charge in [0.05, 0.1) is 25.2 Å². The maximum absolute atomic E-state index is 13.2. The summed E-state index contributed by atoms with van der Waals surface area (Å²) in [4.78, 5) is 26.2. The van der Waals surface area contributed by atoms with Gasteiger partial charge in [0.15, 0.2) is 0 Å². The van der Waals surface area contributed by atoms with Crippen molar-refractivity contribution in [3.05, 3.63) is 12.2 Å². The number of aliphatic hydroxyl groups excluding tert-OH is 2. The minimum absolute atomic E-state index is 0.0738. The Morgan fingerprint density at radius 2 is 0.774 bits per heavy atom. The second-order valence-corrected chi connectivity index (χ2v) is 19.3. The van der Waals surface area contributed by atoms with Gasteiger partial charge in [-0.2, -0.15) is 0 Å². The molecule has 0 aromatic rings. The molecule has 0 bridgehead atoms. The van der Waals surface area contributed by atoms with Crippen molar-refractivity contribution in [1.29, 1.82) is 0 Å². The van der Waals surface area contributed by atoms with Gasteiger partial charge in [-0.05, 0) is 51.4 Å². The van der Waals surface area contributed by atoms with Crippen LogP contribution in [0.25, 0.3) is 0 Å². The number of nitrogens with one attached hydrogen (secondary N) is 1. The molecule has 0 aliphatic carbocycles. The van der Waals surface area contributed by atoms with Crippen LogP contribution in [0.3, 0.4) is 0 Å². The summed E-state index contributed by atoms with van der Waals surface area (Å²) < 4.78 is 5.93. The van der Waals surface area contributed by atoms with Crippen molar-refractivity contribution in [3.8, 4) is 0 Å². The SMILES string of the molecule is CCCCC/C=C\CCCCCC(CC(=O)NC(CO)C(O)CCCCCCCCCCCCCCCC)OC(=O)CCCCCCCCCCCCCCCCCCCCC. The van der Waals surface area contributed by atoms with Crippen LogP contribution in [-0.4, -0.2) is 46.9 Å². The normalized spacial score (nSPS) is 13.2. The topological polar surface area (TPSA) is 95.9 Å². The molecule has 0 spiro atoms. The smallest absolute Gasteiger partial charge is 0.306 e. The van der Waals surface area contributed by atoms with Crippen molar-refractivity contribution in [2.24, 2.45) is 0 Å². The Hall–Kier alpha value is -1.40. The highest BCUT2D eigenvalue weighted by atomic mass is 16.5. The Labute approximate surface area is 387 Å². The molecule has 0 radical (unpaired) electrons. The molecule has 3 atom stereocenters. The summed E-state index contributed by atoms with van der Waals surface area (Å²) in [6.45, 7) is 6.49. The molecule has 0 heterocycles. The lowest BCUT2D eigenvalue weighted by molar-refractivity contribution is -0.151. The zero-order chi connectivity index (χ0) is 45.2. The van der Waals surface area contributed by atoms with Crippen molar-refractivity contribution in [1.82, 2.24) is 5.32 Å². The van der Waals surface area contributed by atoms with Crippen LogP contribution in [-0.2, 0) is 14.3 Å². The lowest BCUT2D eigenvalue weighted by atomic mass is 10.0. The van der Waals surface area contributed by atoms with Gasteiger partial charge in [-0.3, -0.25) is 9.59 Å². The van der Waals surface area contributed by atoms with Crippen LogP contribution < -0.4 is 5.32 Å². The maximum Gasteiger partial charge on any atom is 0.306 e.